The van der Waals surface area contributed by atoms with Gasteiger partial charge >= 0.3 is 0 Å². The van der Waals surface area contributed by atoms with E-state index in [1.165, 1.54) is 51.4 Å². The molecule has 0 heterocycles. The fourth-order valence-corrected chi connectivity index (χ4v) is 9.80. The molecule has 0 amide bonds. The van der Waals surface area contributed by atoms with Gasteiger partial charge in [-0.2, -0.15) is 0 Å². The average Bonchev–Trinajstić information content (AvgIpc) is 3.03. The van der Waals surface area contributed by atoms with Crippen molar-refractivity contribution in [2.45, 2.75) is 127 Å². The lowest BCUT2D eigenvalue weighted by molar-refractivity contribution is -0.139. The molecule has 2 saturated carbocycles. The van der Waals surface area contributed by atoms with Gasteiger partial charge in [-0.1, -0.05) is 78.2 Å². The molecule has 186 valence electrons. The molecule has 0 radical (unpaired) electrons. The molecular formula is C32H52O. The molecule has 6 atom stereocenters. The Balaban J connectivity index is 1.62. The maximum atomic E-state index is 12.8. The number of fused-ring (bicyclic) bond motifs is 4. The van der Waals surface area contributed by atoms with Crippen molar-refractivity contribution >= 4 is 5.78 Å². The van der Waals surface area contributed by atoms with Gasteiger partial charge in [-0.05, 0) is 105 Å². The minimum Gasteiger partial charge on any atom is -0.299 e. The quantitative estimate of drug-likeness (QED) is 0.380. The molecule has 4 aliphatic carbocycles. The second-order valence-corrected chi connectivity index (χ2v) is 14.0. The summed E-state index contributed by atoms with van der Waals surface area (Å²) in [4.78, 5) is 12.8. The summed E-state index contributed by atoms with van der Waals surface area (Å²) in [5, 5.41) is 0. The Morgan fingerprint density at radius 3 is 2.27 bits per heavy atom. The van der Waals surface area contributed by atoms with Gasteiger partial charge in [0.05, 0.1) is 0 Å². The van der Waals surface area contributed by atoms with Crippen molar-refractivity contribution in [1.82, 2.24) is 0 Å². The van der Waals surface area contributed by atoms with Crippen LogP contribution in [-0.2, 0) is 4.79 Å². The van der Waals surface area contributed by atoms with Crippen LogP contribution in [0, 0.1) is 45.3 Å². The van der Waals surface area contributed by atoms with Gasteiger partial charge in [0.2, 0.25) is 0 Å². The highest BCUT2D eigenvalue weighted by molar-refractivity contribution is 5.85. The summed E-state index contributed by atoms with van der Waals surface area (Å²) in [6.45, 7) is 21.9. The van der Waals surface area contributed by atoms with Gasteiger partial charge in [-0.15, -0.1) is 0 Å². The van der Waals surface area contributed by atoms with Gasteiger partial charge in [-0.3, -0.25) is 4.79 Å². The van der Waals surface area contributed by atoms with Crippen LogP contribution in [0.15, 0.2) is 22.8 Å². The monoisotopic (exact) mass is 452 g/mol. The molecule has 4 aliphatic rings. The Labute approximate surface area is 205 Å². The largest absolute Gasteiger partial charge is 0.299 e. The SMILES string of the molecule is C/C=C(/CC[C@@H](C)[C@H]1CC[C@@]2(C)C3=C(CC[C@]12C)[C@@]1(C)CCC(=O)C(C)(C)C1CC3)C(C)C. The third-order valence-electron chi connectivity index (χ3n) is 12.2. The van der Waals surface area contributed by atoms with Crippen LogP contribution in [0.5, 0.6) is 0 Å². The highest BCUT2D eigenvalue weighted by atomic mass is 16.1. The number of allylic oxidation sites excluding steroid dienone is 4. The number of carbonyl (C=O) groups is 1. The standard InChI is InChI=1S/C32H52O/c1-10-23(21(2)3)12-11-22(4)24-15-19-32(9)26-13-14-27-29(5,6)28(33)17-18-30(27,7)25(26)16-20-31(24,32)8/h10,21-22,24,27H,11-20H2,1-9H3/b23-10-/t22-,24-,27?,30-,31-,32+/m1/s1. The normalized spacial score (nSPS) is 41.6. The number of hydrogen-bond acceptors (Lipinski definition) is 1. The molecule has 2 fully saturated rings. The Morgan fingerprint density at radius 1 is 0.939 bits per heavy atom. The number of hydrogen-bond donors (Lipinski definition) is 0. The molecule has 0 aromatic heterocycles. The predicted octanol–water partition coefficient (Wildman–Crippen LogP) is 9.32. The van der Waals surface area contributed by atoms with E-state index in [1.54, 1.807) is 5.57 Å². The van der Waals surface area contributed by atoms with Crippen molar-refractivity contribution in [1.29, 1.82) is 0 Å². The second-order valence-electron chi connectivity index (χ2n) is 14.0. The zero-order chi connectivity index (χ0) is 24.4. The van der Waals surface area contributed by atoms with Crippen LogP contribution in [0.1, 0.15) is 127 Å². The number of rotatable bonds is 5. The van der Waals surface area contributed by atoms with E-state index in [0.29, 0.717) is 28.4 Å². The molecule has 0 aromatic carbocycles. The van der Waals surface area contributed by atoms with Crippen LogP contribution in [0.2, 0.25) is 0 Å². The molecule has 0 aromatic rings. The van der Waals surface area contributed by atoms with Crippen LogP contribution in [0.3, 0.4) is 0 Å². The minimum absolute atomic E-state index is 0.152. The topological polar surface area (TPSA) is 17.1 Å². The fraction of sp³-hybridized carbons (Fsp3) is 0.844. The van der Waals surface area contributed by atoms with Crippen LogP contribution in [0.25, 0.3) is 0 Å². The van der Waals surface area contributed by atoms with Crippen LogP contribution >= 0.6 is 0 Å². The van der Waals surface area contributed by atoms with Gasteiger partial charge in [-0.25, -0.2) is 0 Å². The zero-order valence-electron chi connectivity index (χ0n) is 23.4. The molecule has 0 saturated heterocycles. The first kappa shape index (κ1) is 25.2. The summed E-state index contributed by atoms with van der Waals surface area (Å²) in [6, 6.07) is 0. The number of ketones is 1. The Hall–Kier alpha value is -0.850. The lowest BCUT2D eigenvalue weighted by atomic mass is 9.43. The molecule has 33 heavy (non-hydrogen) atoms. The van der Waals surface area contributed by atoms with E-state index < -0.39 is 0 Å². The maximum absolute atomic E-state index is 12.8. The summed E-state index contributed by atoms with van der Waals surface area (Å²) in [5.74, 6) is 3.36. The van der Waals surface area contributed by atoms with Crippen molar-refractivity contribution < 1.29 is 4.79 Å². The third-order valence-corrected chi connectivity index (χ3v) is 12.2. The number of Topliss-reactive ketones (excluding diaryl/α,β-unsaturated/α-hetero) is 1. The minimum atomic E-state index is -0.152. The van der Waals surface area contributed by atoms with Crippen molar-refractivity contribution in [2.24, 2.45) is 45.3 Å². The average molecular weight is 453 g/mol. The van der Waals surface area contributed by atoms with E-state index in [9.17, 15) is 4.79 Å². The summed E-state index contributed by atoms with van der Waals surface area (Å²) >= 11 is 0. The van der Waals surface area contributed by atoms with Gasteiger partial charge in [0.1, 0.15) is 5.78 Å². The van der Waals surface area contributed by atoms with E-state index in [-0.39, 0.29) is 10.8 Å². The third kappa shape index (κ3) is 3.57. The summed E-state index contributed by atoms with van der Waals surface area (Å²) in [5.41, 5.74) is 6.19. The molecule has 0 bridgehead atoms. The van der Waals surface area contributed by atoms with E-state index in [0.717, 1.165) is 24.7 Å². The lowest BCUT2D eigenvalue weighted by Gasteiger charge is -2.61. The molecule has 0 spiro atoms. The molecule has 0 N–H and O–H groups in total. The Bertz CT molecular complexity index is 856. The molecule has 1 unspecified atom stereocenters. The van der Waals surface area contributed by atoms with Gasteiger partial charge < -0.3 is 0 Å². The number of carbonyl (C=O) groups excluding carboxylic acids is 1. The van der Waals surface area contributed by atoms with E-state index in [2.05, 4.69) is 68.4 Å². The van der Waals surface area contributed by atoms with E-state index in [1.807, 2.05) is 11.1 Å². The smallest absolute Gasteiger partial charge is 0.138 e. The Morgan fingerprint density at radius 2 is 1.64 bits per heavy atom. The summed E-state index contributed by atoms with van der Waals surface area (Å²) in [6.07, 6.45) is 14.7. The highest BCUT2D eigenvalue weighted by Gasteiger charge is 2.63. The molecule has 1 nitrogen and oxygen atoms in total. The van der Waals surface area contributed by atoms with Crippen molar-refractivity contribution in [3.63, 3.8) is 0 Å². The summed E-state index contributed by atoms with van der Waals surface area (Å²) < 4.78 is 0. The van der Waals surface area contributed by atoms with Gasteiger partial charge in [0, 0.05) is 11.8 Å². The van der Waals surface area contributed by atoms with Gasteiger partial charge in [0.25, 0.3) is 0 Å². The zero-order valence-corrected chi connectivity index (χ0v) is 23.4. The van der Waals surface area contributed by atoms with E-state index in [4.69, 9.17) is 0 Å². The lowest BCUT2D eigenvalue weighted by Crippen LogP contribution is -2.53. The fourth-order valence-electron chi connectivity index (χ4n) is 9.80. The predicted molar refractivity (Wildman–Crippen MR) is 141 cm³/mol. The van der Waals surface area contributed by atoms with E-state index >= 15 is 0 Å². The van der Waals surface area contributed by atoms with Crippen LogP contribution < -0.4 is 0 Å². The molecule has 0 aliphatic heterocycles. The molecule has 4 rings (SSSR count). The molecular weight excluding hydrogens is 400 g/mol. The Kier molecular flexibility index (Phi) is 6.41. The van der Waals surface area contributed by atoms with Crippen LogP contribution in [-0.4, -0.2) is 5.78 Å². The molecule has 1 heteroatoms. The van der Waals surface area contributed by atoms with Crippen LogP contribution in [0.4, 0.5) is 0 Å². The second kappa shape index (κ2) is 8.37. The first-order valence-corrected chi connectivity index (χ1v) is 14.2. The van der Waals surface area contributed by atoms with Crippen molar-refractivity contribution in [2.75, 3.05) is 0 Å². The first-order valence-electron chi connectivity index (χ1n) is 14.2. The van der Waals surface area contributed by atoms with Crippen molar-refractivity contribution in [3.05, 3.63) is 22.8 Å². The first-order chi connectivity index (χ1) is 15.3. The summed E-state index contributed by atoms with van der Waals surface area (Å²) in [7, 11) is 0. The van der Waals surface area contributed by atoms with Crippen molar-refractivity contribution in [3.8, 4) is 0 Å². The maximum Gasteiger partial charge on any atom is 0.138 e. The highest BCUT2D eigenvalue weighted by Crippen LogP contribution is 2.72. The van der Waals surface area contributed by atoms with Gasteiger partial charge in [0.15, 0.2) is 0 Å².